The fourth-order valence-electron chi connectivity index (χ4n) is 1.12. The summed E-state index contributed by atoms with van der Waals surface area (Å²) in [5.41, 5.74) is 1.28. The Kier molecular flexibility index (Phi) is 4.58. The van der Waals surface area contributed by atoms with Crippen molar-refractivity contribution < 1.29 is 0 Å². The van der Waals surface area contributed by atoms with Crippen LogP contribution in [-0.2, 0) is 0 Å². The third-order valence-corrected chi connectivity index (χ3v) is 3.10. The molecular formula is C10H15ClN2S. The number of nitrogens with one attached hydrogen (secondary N) is 1. The summed E-state index contributed by atoms with van der Waals surface area (Å²) in [7, 11) is 0. The maximum atomic E-state index is 5.80. The second-order valence-corrected chi connectivity index (χ2v) is 4.86. The summed E-state index contributed by atoms with van der Waals surface area (Å²) in [6.07, 6.45) is 3.76. The quantitative estimate of drug-likeness (QED) is 0.860. The predicted octanol–water partition coefficient (Wildman–Crippen LogP) is 3.20. The lowest BCUT2D eigenvalue weighted by Gasteiger charge is -2.11. The first kappa shape index (κ1) is 11.7. The lowest BCUT2D eigenvalue weighted by atomic mass is 10.1. The van der Waals surface area contributed by atoms with E-state index in [9.17, 15) is 0 Å². The topological polar surface area (TPSA) is 24.9 Å². The molecule has 1 aromatic heterocycles. The van der Waals surface area contributed by atoms with Crippen LogP contribution in [0.2, 0.25) is 4.34 Å². The number of aromatic nitrogens is 1. The zero-order chi connectivity index (χ0) is 10.6. The first-order valence-corrected chi connectivity index (χ1v) is 5.85. The molecule has 0 bridgehead atoms. The van der Waals surface area contributed by atoms with Gasteiger partial charge in [0.05, 0.1) is 6.20 Å². The molecule has 0 aromatic carbocycles. The van der Waals surface area contributed by atoms with Crippen LogP contribution in [0, 0.1) is 0 Å². The number of halogens is 1. The van der Waals surface area contributed by atoms with E-state index in [4.69, 9.17) is 11.6 Å². The van der Waals surface area contributed by atoms with Crippen LogP contribution in [0.15, 0.2) is 11.8 Å². The molecule has 1 rings (SSSR count). The van der Waals surface area contributed by atoms with Crippen molar-refractivity contribution in [3.8, 4) is 0 Å². The van der Waals surface area contributed by atoms with E-state index in [1.54, 1.807) is 6.20 Å². The van der Waals surface area contributed by atoms with Crippen LogP contribution in [0.4, 0.5) is 0 Å². The maximum Gasteiger partial charge on any atom is 0.117 e. The summed E-state index contributed by atoms with van der Waals surface area (Å²) in [5, 5.41) is 4.32. The van der Waals surface area contributed by atoms with Crippen molar-refractivity contribution in [3.05, 3.63) is 21.1 Å². The van der Waals surface area contributed by atoms with Gasteiger partial charge in [-0.15, -0.1) is 11.3 Å². The SMILES string of the molecule is CCNC(C)/C(C)=C/c1ncc(Cl)s1. The van der Waals surface area contributed by atoms with E-state index >= 15 is 0 Å². The van der Waals surface area contributed by atoms with Gasteiger partial charge in [-0.3, -0.25) is 0 Å². The molecule has 1 atom stereocenters. The monoisotopic (exact) mass is 230 g/mol. The van der Waals surface area contributed by atoms with Crippen LogP contribution in [0.25, 0.3) is 6.08 Å². The zero-order valence-corrected chi connectivity index (χ0v) is 10.2. The van der Waals surface area contributed by atoms with Crippen LogP contribution in [0.1, 0.15) is 25.8 Å². The van der Waals surface area contributed by atoms with Gasteiger partial charge in [0, 0.05) is 6.04 Å². The molecule has 0 aliphatic rings. The lowest BCUT2D eigenvalue weighted by molar-refractivity contribution is 0.636. The standard InChI is InChI=1S/C10H15ClN2S/c1-4-12-8(3)7(2)5-10-13-6-9(11)14-10/h5-6,8,12H,4H2,1-3H3/b7-5+. The van der Waals surface area contributed by atoms with Gasteiger partial charge in [0.2, 0.25) is 0 Å². The van der Waals surface area contributed by atoms with Gasteiger partial charge < -0.3 is 5.32 Å². The molecule has 14 heavy (non-hydrogen) atoms. The van der Waals surface area contributed by atoms with Gasteiger partial charge in [-0.1, -0.05) is 24.1 Å². The zero-order valence-electron chi connectivity index (χ0n) is 8.67. The number of nitrogens with zero attached hydrogens (tertiary/aromatic N) is 1. The fraction of sp³-hybridized carbons (Fsp3) is 0.500. The highest BCUT2D eigenvalue weighted by Crippen LogP contribution is 2.20. The Balaban J connectivity index is 2.67. The van der Waals surface area contributed by atoms with Crippen LogP contribution in [0.3, 0.4) is 0 Å². The minimum Gasteiger partial charge on any atom is -0.311 e. The molecule has 0 amide bonds. The minimum absolute atomic E-state index is 0.391. The molecule has 1 aromatic rings. The fourth-order valence-corrected chi connectivity index (χ4v) is 2.06. The normalized spacial score (nSPS) is 14.4. The molecule has 4 heteroatoms. The predicted molar refractivity (Wildman–Crippen MR) is 63.9 cm³/mol. The van der Waals surface area contributed by atoms with Crippen molar-refractivity contribution in [2.45, 2.75) is 26.8 Å². The van der Waals surface area contributed by atoms with E-state index in [-0.39, 0.29) is 0 Å². The van der Waals surface area contributed by atoms with Gasteiger partial charge in [0.25, 0.3) is 0 Å². The minimum atomic E-state index is 0.391. The summed E-state index contributed by atoms with van der Waals surface area (Å²) >= 11 is 7.30. The van der Waals surface area contributed by atoms with E-state index in [1.165, 1.54) is 16.9 Å². The number of hydrogen-bond donors (Lipinski definition) is 1. The third kappa shape index (κ3) is 3.40. The Bertz CT molecular complexity index is 320. The van der Waals surface area contributed by atoms with Gasteiger partial charge in [-0.2, -0.15) is 0 Å². The first-order chi connectivity index (χ1) is 6.63. The number of thiazole rings is 1. The van der Waals surface area contributed by atoms with Crippen molar-refractivity contribution in [2.24, 2.45) is 0 Å². The van der Waals surface area contributed by atoms with Crippen molar-refractivity contribution >= 4 is 29.0 Å². The Morgan fingerprint density at radius 1 is 1.79 bits per heavy atom. The maximum absolute atomic E-state index is 5.80. The highest BCUT2D eigenvalue weighted by atomic mass is 35.5. The lowest BCUT2D eigenvalue weighted by Crippen LogP contribution is -2.26. The molecule has 0 saturated carbocycles. The van der Waals surface area contributed by atoms with Crippen LogP contribution >= 0.6 is 22.9 Å². The van der Waals surface area contributed by atoms with Gasteiger partial charge in [-0.25, -0.2) is 4.98 Å². The highest BCUT2D eigenvalue weighted by molar-refractivity contribution is 7.16. The van der Waals surface area contributed by atoms with Crippen molar-refractivity contribution in [1.82, 2.24) is 10.3 Å². The van der Waals surface area contributed by atoms with Crippen molar-refractivity contribution in [3.63, 3.8) is 0 Å². The van der Waals surface area contributed by atoms with Gasteiger partial charge in [0.1, 0.15) is 9.34 Å². The Hall–Kier alpha value is -0.380. The van der Waals surface area contributed by atoms with Crippen molar-refractivity contribution in [2.75, 3.05) is 6.54 Å². The molecule has 1 N–H and O–H groups in total. The molecular weight excluding hydrogens is 216 g/mol. The van der Waals surface area contributed by atoms with Gasteiger partial charge in [0.15, 0.2) is 0 Å². The molecule has 0 aliphatic heterocycles. The second-order valence-electron chi connectivity index (χ2n) is 3.17. The number of likely N-dealkylation sites (N-methyl/N-ethyl adjacent to an activating group) is 1. The summed E-state index contributed by atoms with van der Waals surface area (Å²) in [6.45, 7) is 7.32. The Morgan fingerprint density at radius 3 is 3.00 bits per heavy atom. The van der Waals surface area contributed by atoms with E-state index in [0.717, 1.165) is 15.9 Å². The summed E-state index contributed by atoms with van der Waals surface area (Å²) in [6, 6.07) is 0.391. The van der Waals surface area contributed by atoms with Gasteiger partial charge >= 0.3 is 0 Å². The molecule has 78 valence electrons. The van der Waals surface area contributed by atoms with E-state index in [2.05, 4.69) is 37.1 Å². The van der Waals surface area contributed by atoms with Crippen LogP contribution in [0.5, 0.6) is 0 Å². The van der Waals surface area contributed by atoms with E-state index < -0.39 is 0 Å². The second kappa shape index (κ2) is 5.49. The third-order valence-electron chi connectivity index (χ3n) is 2.04. The summed E-state index contributed by atoms with van der Waals surface area (Å²) in [4.78, 5) is 4.18. The van der Waals surface area contributed by atoms with E-state index in [1.807, 2.05) is 0 Å². The van der Waals surface area contributed by atoms with Crippen molar-refractivity contribution in [1.29, 1.82) is 0 Å². The molecule has 0 aliphatic carbocycles. The number of rotatable bonds is 4. The molecule has 1 heterocycles. The molecule has 0 radical (unpaired) electrons. The van der Waals surface area contributed by atoms with E-state index in [0.29, 0.717) is 6.04 Å². The Morgan fingerprint density at radius 2 is 2.50 bits per heavy atom. The van der Waals surface area contributed by atoms with Gasteiger partial charge in [-0.05, 0) is 26.5 Å². The molecule has 1 unspecified atom stereocenters. The highest BCUT2D eigenvalue weighted by Gasteiger charge is 2.03. The smallest absolute Gasteiger partial charge is 0.117 e. The average molecular weight is 231 g/mol. The van der Waals surface area contributed by atoms with Crippen LogP contribution in [-0.4, -0.2) is 17.6 Å². The summed E-state index contributed by atoms with van der Waals surface area (Å²) in [5.74, 6) is 0. The number of hydrogen-bond acceptors (Lipinski definition) is 3. The molecule has 0 spiro atoms. The molecule has 0 saturated heterocycles. The summed E-state index contributed by atoms with van der Waals surface area (Å²) < 4.78 is 0.736. The molecule has 2 nitrogen and oxygen atoms in total. The largest absolute Gasteiger partial charge is 0.311 e. The Labute approximate surface area is 94.0 Å². The first-order valence-electron chi connectivity index (χ1n) is 4.66. The van der Waals surface area contributed by atoms with Crippen LogP contribution < -0.4 is 5.32 Å². The molecule has 0 fully saturated rings. The average Bonchev–Trinajstić information content (AvgIpc) is 2.51.